The second kappa shape index (κ2) is 7.37. The Bertz CT molecular complexity index is 497. The lowest BCUT2D eigenvalue weighted by Gasteiger charge is -2.33. The number of carbonyl (C=O) groups is 2. The smallest absolute Gasteiger partial charge is 0.317 e. The number of rotatable bonds is 6. The zero-order chi connectivity index (χ0) is 15.2. The second-order valence-corrected chi connectivity index (χ2v) is 5.78. The van der Waals surface area contributed by atoms with Gasteiger partial charge in [0.1, 0.15) is 5.69 Å². The van der Waals surface area contributed by atoms with Crippen molar-refractivity contribution in [1.82, 2.24) is 14.8 Å². The van der Waals surface area contributed by atoms with Gasteiger partial charge in [-0.1, -0.05) is 6.92 Å². The summed E-state index contributed by atoms with van der Waals surface area (Å²) < 4.78 is 0. The lowest BCUT2D eigenvalue weighted by atomic mass is 10.3. The molecule has 1 amide bonds. The highest BCUT2D eigenvalue weighted by Gasteiger charge is 2.24. The average molecular weight is 312 g/mol. The van der Waals surface area contributed by atoms with E-state index in [0.29, 0.717) is 31.9 Å². The monoisotopic (exact) mass is 312 g/mol. The summed E-state index contributed by atoms with van der Waals surface area (Å²) in [6.45, 7) is 5.21. The summed E-state index contributed by atoms with van der Waals surface area (Å²) in [6, 6.07) is 0. The number of piperazine rings is 1. The summed E-state index contributed by atoms with van der Waals surface area (Å²) in [5.74, 6) is -0.910. The SMILES string of the molecule is CCCNc1nc(C(=O)N2CCN(CC(=O)O)CC2)cs1. The van der Waals surface area contributed by atoms with E-state index in [-0.39, 0.29) is 12.5 Å². The topological polar surface area (TPSA) is 85.8 Å². The molecule has 0 spiro atoms. The number of amides is 1. The van der Waals surface area contributed by atoms with E-state index >= 15 is 0 Å². The third-order valence-electron chi connectivity index (χ3n) is 3.27. The minimum atomic E-state index is -0.832. The summed E-state index contributed by atoms with van der Waals surface area (Å²) >= 11 is 1.43. The van der Waals surface area contributed by atoms with Crippen LogP contribution in [0.3, 0.4) is 0 Å². The van der Waals surface area contributed by atoms with E-state index in [1.54, 1.807) is 10.3 Å². The Kier molecular flexibility index (Phi) is 5.51. The van der Waals surface area contributed by atoms with Crippen LogP contribution in [0, 0.1) is 0 Å². The molecule has 1 aliphatic rings. The van der Waals surface area contributed by atoms with Crippen LogP contribution in [0.15, 0.2) is 5.38 Å². The van der Waals surface area contributed by atoms with E-state index in [2.05, 4.69) is 17.2 Å². The normalized spacial score (nSPS) is 16.0. The van der Waals surface area contributed by atoms with Gasteiger partial charge in [-0.25, -0.2) is 4.98 Å². The van der Waals surface area contributed by atoms with Crippen molar-refractivity contribution < 1.29 is 14.7 Å². The number of hydrogen-bond acceptors (Lipinski definition) is 6. The first-order chi connectivity index (χ1) is 10.1. The maximum atomic E-state index is 12.3. The fourth-order valence-corrected chi connectivity index (χ4v) is 2.86. The Hall–Kier alpha value is -1.67. The van der Waals surface area contributed by atoms with Gasteiger partial charge in [-0.05, 0) is 6.42 Å². The predicted molar refractivity (Wildman–Crippen MR) is 80.9 cm³/mol. The third-order valence-corrected chi connectivity index (χ3v) is 4.07. The summed E-state index contributed by atoms with van der Waals surface area (Å²) in [4.78, 5) is 30.8. The van der Waals surface area contributed by atoms with Gasteiger partial charge in [0.15, 0.2) is 5.13 Å². The van der Waals surface area contributed by atoms with Gasteiger partial charge in [0, 0.05) is 38.1 Å². The van der Waals surface area contributed by atoms with Crippen LogP contribution in [0.1, 0.15) is 23.8 Å². The van der Waals surface area contributed by atoms with E-state index in [9.17, 15) is 9.59 Å². The number of aliphatic carboxylic acids is 1. The molecule has 0 aromatic carbocycles. The van der Waals surface area contributed by atoms with Crippen molar-refractivity contribution in [2.75, 3.05) is 44.6 Å². The number of nitrogens with one attached hydrogen (secondary N) is 1. The van der Waals surface area contributed by atoms with Crippen LogP contribution in [0.25, 0.3) is 0 Å². The van der Waals surface area contributed by atoms with Crippen molar-refractivity contribution in [2.45, 2.75) is 13.3 Å². The summed E-state index contributed by atoms with van der Waals surface area (Å²) in [7, 11) is 0. The van der Waals surface area contributed by atoms with Crippen LogP contribution in [-0.4, -0.2) is 71.0 Å². The Balaban J connectivity index is 1.86. The molecule has 1 fully saturated rings. The number of nitrogens with zero attached hydrogens (tertiary/aromatic N) is 3. The maximum absolute atomic E-state index is 12.3. The van der Waals surface area contributed by atoms with Gasteiger partial charge in [0.2, 0.25) is 0 Å². The molecule has 1 aromatic heterocycles. The second-order valence-electron chi connectivity index (χ2n) is 4.93. The number of thiazole rings is 1. The largest absolute Gasteiger partial charge is 0.480 e. The third kappa shape index (κ3) is 4.40. The van der Waals surface area contributed by atoms with Crippen molar-refractivity contribution in [3.8, 4) is 0 Å². The number of carbonyl (C=O) groups excluding carboxylic acids is 1. The Morgan fingerprint density at radius 1 is 1.38 bits per heavy atom. The molecular weight excluding hydrogens is 292 g/mol. The van der Waals surface area contributed by atoms with Crippen molar-refractivity contribution >= 4 is 28.3 Å². The van der Waals surface area contributed by atoms with E-state index in [0.717, 1.165) is 18.1 Å². The molecule has 0 aliphatic carbocycles. The van der Waals surface area contributed by atoms with Crippen LogP contribution in [-0.2, 0) is 4.79 Å². The van der Waals surface area contributed by atoms with Gasteiger partial charge in [-0.2, -0.15) is 0 Å². The highest BCUT2D eigenvalue weighted by atomic mass is 32.1. The molecule has 0 atom stereocenters. The molecule has 116 valence electrons. The molecule has 0 bridgehead atoms. The number of aromatic nitrogens is 1. The van der Waals surface area contributed by atoms with Crippen LogP contribution in [0.5, 0.6) is 0 Å². The lowest BCUT2D eigenvalue weighted by Crippen LogP contribution is -2.49. The van der Waals surface area contributed by atoms with Crippen LogP contribution in [0.2, 0.25) is 0 Å². The molecule has 1 aromatic rings. The fourth-order valence-electron chi connectivity index (χ4n) is 2.15. The Labute approximate surface area is 127 Å². The van der Waals surface area contributed by atoms with Gasteiger partial charge in [0.25, 0.3) is 5.91 Å². The number of carboxylic acids is 1. The number of carboxylic acid groups (broad SMARTS) is 1. The molecule has 7 nitrogen and oxygen atoms in total. The highest BCUT2D eigenvalue weighted by Crippen LogP contribution is 2.17. The molecule has 2 N–H and O–H groups in total. The average Bonchev–Trinajstić information content (AvgIpc) is 2.93. The van der Waals surface area contributed by atoms with Crippen LogP contribution < -0.4 is 5.32 Å². The van der Waals surface area contributed by atoms with Gasteiger partial charge in [0.05, 0.1) is 6.54 Å². The fraction of sp³-hybridized carbons (Fsp3) is 0.615. The molecule has 0 unspecified atom stereocenters. The van der Waals surface area contributed by atoms with Gasteiger partial charge in [-0.15, -0.1) is 11.3 Å². The first-order valence-electron chi connectivity index (χ1n) is 7.03. The Morgan fingerprint density at radius 2 is 2.10 bits per heavy atom. The van der Waals surface area contributed by atoms with Crippen molar-refractivity contribution in [3.63, 3.8) is 0 Å². The van der Waals surface area contributed by atoms with Gasteiger partial charge in [-0.3, -0.25) is 14.5 Å². The highest BCUT2D eigenvalue weighted by molar-refractivity contribution is 7.13. The number of anilines is 1. The minimum absolute atomic E-state index is 0.0316. The molecule has 2 rings (SSSR count). The minimum Gasteiger partial charge on any atom is -0.480 e. The standard InChI is InChI=1S/C13H20N4O3S/c1-2-3-14-13-15-10(9-21-13)12(20)17-6-4-16(5-7-17)8-11(18)19/h9H,2-8H2,1H3,(H,14,15)(H,18,19). The predicted octanol–water partition coefficient (Wildman–Crippen LogP) is 0.807. The number of hydrogen-bond donors (Lipinski definition) is 2. The molecule has 0 radical (unpaired) electrons. The van der Waals surface area contributed by atoms with Gasteiger partial charge < -0.3 is 15.3 Å². The molecule has 0 saturated carbocycles. The van der Waals surface area contributed by atoms with Crippen molar-refractivity contribution in [3.05, 3.63) is 11.1 Å². The first kappa shape index (κ1) is 15.7. The van der Waals surface area contributed by atoms with E-state index in [4.69, 9.17) is 5.11 Å². The van der Waals surface area contributed by atoms with E-state index in [1.165, 1.54) is 11.3 Å². The lowest BCUT2D eigenvalue weighted by molar-refractivity contribution is -0.138. The van der Waals surface area contributed by atoms with E-state index in [1.807, 2.05) is 4.90 Å². The Morgan fingerprint density at radius 3 is 2.71 bits per heavy atom. The molecular formula is C13H20N4O3S. The van der Waals surface area contributed by atoms with Gasteiger partial charge >= 0.3 is 5.97 Å². The molecule has 1 saturated heterocycles. The zero-order valence-corrected chi connectivity index (χ0v) is 12.9. The molecule has 8 heteroatoms. The summed E-state index contributed by atoms with van der Waals surface area (Å²) in [5, 5.41) is 14.5. The van der Waals surface area contributed by atoms with Crippen LogP contribution in [0.4, 0.5) is 5.13 Å². The zero-order valence-electron chi connectivity index (χ0n) is 12.0. The van der Waals surface area contributed by atoms with Crippen LogP contribution >= 0.6 is 11.3 Å². The summed E-state index contributed by atoms with van der Waals surface area (Å²) in [6.07, 6.45) is 1.01. The summed E-state index contributed by atoms with van der Waals surface area (Å²) in [5.41, 5.74) is 0.463. The maximum Gasteiger partial charge on any atom is 0.317 e. The first-order valence-corrected chi connectivity index (χ1v) is 7.91. The molecule has 2 heterocycles. The molecule has 1 aliphatic heterocycles. The quantitative estimate of drug-likeness (QED) is 0.808. The van der Waals surface area contributed by atoms with Crippen molar-refractivity contribution in [2.24, 2.45) is 0 Å². The molecule has 21 heavy (non-hydrogen) atoms. The van der Waals surface area contributed by atoms with Crippen molar-refractivity contribution in [1.29, 1.82) is 0 Å². The van der Waals surface area contributed by atoms with E-state index < -0.39 is 5.97 Å².